The van der Waals surface area contributed by atoms with E-state index in [9.17, 15) is 9.90 Å². The molecule has 0 aliphatic carbocycles. The number of aliphatic imine (C=N–C) groups is 1. The molecule has 7 nitrogen and oxygen atoms in total. The van der Waals surface area contributed by atoms with Gasteiger partial charge in [0, 0.05) is 63.7 Å². The number of hydrogen-bond donors (Lipinski definition) is 3. The molecule has 144 valence electrons. The minimum Gasteiger partial charge on any atom is -0.396 e. The third-order valence-electron chi connectivity index (χ3n) is 5.88. The first-order chi connectivity index (χ1) is 11.6. The number of amides is 1. The van der Waals surface area contributed by atoms with Crippen molar-refractivity contribution in [2.75, 3.05) is 53.0 Å². The Balaban J connectivity index is 0.00000225. The maximum Gasteiger partial charge on any atom is 0.220 e. The van der Waals surface area contributed by atoms with Gasteiger partial charge in [0.1, 0.15) is 0 Å². The molecule has 0 aromatic rings. The van der Waals surface area contributed by atoms with Gasteiger partial charge in [-0.3, -0.25) is 9.79 Å². The first-order valence-corrected chi connectivity index (χ1v) is 9.01. The lowest BCUT2D eigenvalue weighted by atomic mass is 9.79. The topological polar surface area (TPSA) is 86.2 Å². The molecular weight excluding hydrogens is 435 g/mol. The average Bonchev–Trinajstić information content (AvgIpc) is 2.96. The van der Waals surface area contributed by atoms with Crippen LogP contribution in [0.15, 0.2) is 4.99 Å². The summed E-state index contributed by atoms with van der Waals surface area (Å²) in [7, 11) is 1.80. The van der Waals surface area contributed by atoms with Crippen LogP contribution >= 0.6 is 24.0 Å². The number of halogens is 1. The van der Waals surface area contributed by atoms with Crippen molar-refractivity contribution in [1.29, 1.82) is 0 Å². The lowest BCUT2D eigenvalue weighted by Gasteiger charge is -2.42. The second-order valence-corrected chi connectivity index (χ2v) is 7.65. The Morgan fingerprint density at radius 3 is 2.76 bits per heavy atom. The van der Waals surface area contributed by atoms with Gasteiger partial charge in [-0.2, -0.15) is 0 Å². The molecular formula is C17H31IN4O3. The van der Waals surface area contributed by atoms with Crippen LogP contribution in [0.4, 0.5) is 0 Å². The molecule has 3 aliphatic heterocycles. The summed E-state index contributed by atoms with van der Waals surface area (Å²) in [5, 5.41) is 16.3. The van der Waals surface area contributed by atoms with Crippen molar-refractivity contribution in [3.05, 3.63) is 0 Å². The van der Waals surface area contributed by atoms with E-state index in [2.05, 4.69) is 20.5 Å². The van der Waals surface area contributed by atoms with Gasteiger partial charge in [-0.1, -0.05) is 0 Å². The molecule has 0 aromatic heterocycles. The maximum atomic E-state index is 11.7. The summed E-state index contributed by atoms with van der Waals surface area (Å²) >= 11 is 0. The third kappa shape index (κ3) is 4.77. The number of nitrogens with one attached hydrogen (secondary N) is 2. The molecule has 0 radical (unpaired) electrons. The van der Waals surface area contributed by atoms with Crippen LogP contribution in [0.3, 0.4) is 0 Å². The maximum absolute atomic E-state index is 11.7. The van der Waals surface area contributed by atoms with Crippen molar-refractivity contribution in [2.24, 2.45) is 15.8 Å². The number of aliphatic hydroxyl groups is 1. The lowest BCUT2D eigenvalue weighted by molar-refractivity contribution is -0.119. The number of likely N-dealkylation sites (tertiary alicyclic amines) is 1. The quantitative estimate of drug-likeness (QED) is 0.322. The summed E-state index contributed by atoms with van der Waals surface area (Å²) in [6.45, 7) is 4.90. The van der Waals surface area contributed by atoms with Crippen LogP contribution in [0, 0.1) is 10.8 Å². The van der Waals surface area contributed by atoms with Crippen LogP contribution in [0.25, 0.3) is 0 Å². The van der Waals surface area contributed by atoms with E-state index in [0.717, 1.165) is 51.3 Å². The SMILES string of the molecule is CN=C(NCC1(CO)CCOCC1)N1CCCC2(CNC(=O)C2)C1.I. The normalized spacial score (nSPS) is 29.3. The number of hydrogen-bond acceptors (Lipinski definition) is 4. The van der Waals surface area contributed by atoms with Gasteiger partial charge >= 0.3 is 0 Å². The highest BCUT2D eigenvalue weighted by Crippen LogP contribution is 2.36. The molecule has 3 rings (SSSR count). The van der Waals surface area contributed by atoms with Crippen molar-refractivity contribution in [3.63, 3.8) is 0 Å². The number of carbonyl (C=O) groups excluding carboxylic acids is 1. The van der Waals surface area contributed by atoms with E-state index in [1.54, 1.807) is 7.05 Å². The van der Waals surface area contributed by atoms with Crippen LogP contribution in [-0.2, 0) is 9.53 Å². The monoisotopic (exact) mass is 466 g/mol. The number of ether oxygens (including phenoxy) is 1. The van der Waals surface area contributed by atoms with Crippen molar-refractivity contribution in [2.45, 2.75) is 32.1 Å². The standard InChI is InChI=1S/C17H30N4O3.HI/c1-18-15(20-10-16(13-22)4-7-24-8-5-16)21-6-2-3-17(12-21)9-14(23)19-11-17;/h22H,2-13H2,1H3,(H,18,20)(H,19,23);1H. The summed E-state index contributed by atoms with van der Waals surface area (Å²) in [5.74, 6) is 1.05. The summed E-state index contributed by atoms with van der Waals surface area (Å²) in [6, 6.07) is 0. The Hall–Kier alpha value is -0.610. The zero-order valence-corrected chi connectivity index (χ0v) is 17.4. The van der Waals surface area contributed by atoms with Crippen molar-refractivity contribution < 1.29 is 14.6 Å². The molecule has 3 fully saturated rings. The Morgan fingerprint density at radius 2 is 2.16 bits per heavy atom. The molecule has 0 aromatic carbocycles. The largest absolute Gasteiger partial charge is 0.396 e. The second kappa shape index (κ2) is 8.85. The van der Waals surface area contributed by atoms with E-state index in [-0.39, 0.29) is 47.3 Å². The lowest BCUT2D eigenvalue weighted by Crippen LogP contribution is -2.53. The molecule has 1 spiro atoms. The van der Waals surface area contributed by atoms with Crippen molar-refractivity contribution in [1.82, 2.24) is 15.5 Å². The average molecular weight is 466 g/mol. The Labute approximate surface area is 167 Å². The van der Waals surface area contributed by atoms with Gasteiger partial charge in [-0.05, 0) is 25.7 Å². The van der Waals surface area contributed by atoms with E-state index in [4.69, 9.17) is 4.74 Å². The first-order valence-electron chi connectivity index (χ1n) is 9.01. The summed E-state index contributed by atoms with van der Waals surface area (Å²) in [6.07, 6.45) is 4.54. The highest BCUT2D eigenvalue weighted by atomic mass is 127. The predicted molar refractivity (Wildman–Crippen MR) is 107 cm³/mol. The molecule has 3 aliphatic rings. The highest BCUT2D eigenvalue weighted by molar-refractivity contribution is 14.0. The minimum absolute atomic E-state index is 0. The van der Waals surface area contributed by atoms with E-state index in [0.29, 0.717) is 26.2 Å². The van der Waals surface area contributed by atoms with Crippen LogP contribution < -0.4 is 10.6 Å². The van der Waals surface area contributed by atoms with E-state index < -0.39 is 0 Å². The van der Waals surface area contributed by atoms with E-state index >= 15 is 0 Å². The van der Waals surface area contributed by atoms with Gasteiger partial charge < -0.3 is 25.4 Å². The van der Waals surface area contributed by atoms with Crippen molar-refractivity contribution >= 4 is 35.8 Å². The fourth-order valence-corrected chi connectivity index (χ4v) is 4.22. The Morgan fingerprint density at radius 1 is 1.40 bits per heavy atom. The summed E-state index contributed by atoms with van der Waals surface area (Å²) in [4.78, 5) is 18.4. The van der Waals surface area contributed by atoms with Crippen LogP contribution in [0.5, 0.6) is 0 Å². The molecule has 1 unspecified atom stereocenters. The summed E-state index contributed by atoms with van der Waals surface area (Å²) in [5.41, 5.74) is -0.0627. The van der Waals surface area contributed by atoms with Crippen LogP contribution in [-0.4, -0.2) is 74.9 Å². The number of carbonyl (C=O) groups is 1. The zero-order chi connectivity index (χ0) is 17.0. The van der Waals surface area contributed by atoms with E-state index in [1.807, 2.05) is 0 Å². The summed E-state index contributed by atoms with van der Waals surface area (Å²) < 4.78 is 5.43. The second-order valence-electron chi connectivity index (χ2n) is 7.65. The van der Waals surface area contributed by atoms with Gasteiger partial charge in [0.25, 0.3) is 0 Å². The van der Waals surface area contributed by atoms with Crippen LogP contribution in [0.1, 0.15) is 32.1 Å². The van der Waals surface area contributed by atoms with Gasteiger partial charge in [0.15, 0.2) is 5.96 Å². The molecule has 25 heavy (non-hydrogen) atoms. The van der Waals surface area contributed by atoms with Crippen LogP contribution in [0.2, 0.25) is 0 Å². The zero-order valence-electron chi connectivity index (χ0n) is 15.1. The molecule has 0 saturated carbocycles. The van der Waals surface area contributed by atoms with Crippen molar-refractivity contribution in [3.8, 4) is 0 Å². The smallest absolute Gasteiger partial charge is 0.220 e. The third-order valence-corrected chi connectivity index (χ3v) is 5.88. The molecule has 1 amide bonds. The molecule has 3 N–H and O–H groups in total. The number of guanidine groups is 1. The molecule has 1 atom stereocenters. The number of piperidine rings is 1. The molecule has 3 heterocycles. The van der Waals surface area contributed by atoms with Gasteiger partial charge in [-0.15, -0.1) is 24.0 Å². The minimum atomic E-state index is -0.119. The fourth-order valence-electron chi connectivity index (χ4n) is 4.22. The number of rotatable bonds is 3. The van der Waals surface area contributed by atoms with E-state index in [1.165, 1.54) is 0 Å². The van der Waals surface area contributed by atoms with Gasteiger partial charge in [-0.25, -0.2) is 0 Å². The predicted octanol–water partition coefficient (Wildman–Crippen LogP) is 0.571. The molecule has 0 bridgehead atoms. The molecule has 8 heteroatoms. The van der Waals surface area contributed by atoms with Gasteiger partial charge in [0.05, 0.1) is 6.61 Å². The highest BCUT2D eigenvalue weighted by Gasteiger charge is 2.42. The Kier molecular flexibility index (Phi) is 7.33. The number of nitrogens with zero attached hydrogens (tertiary/aromatic N) is 2. The Bertz CT molecular complexity index is 496. The molecule has 3 saturated heterocycles. The fraction of sp³-hybridized carbons (Fsp3) is 0.882. The van der Waals surface area contributed by atoms with Gasteiger partial charge in [0.2, 0.25) is 5.91 Å². The first kappa shape index (κ1) is 20.7. The number of aliphatic hydroxyl groups excluding tert-OH is 1.